The van der Waals surface area contributed by atoms with Crippen LogP contribution in [-0.2, 0) is 0 Å². The van der Waals surface area contributed by atoms with Gasteiger partial charge in [-0.3, -0.25) is 0 Å². The van der Waals surface area contributed by atoms with E-state index in [1.165, 1.54) is 0 Å². The summed E-state index contributed by atoms with van der Waals surface area (Å²) in [6.07, 6.45) is 0. The number of nitrogens with one attached hydrogen (secondary N) is 1. The highest BCUT2D eigenvalue weighted by Gasteiger charge is 2.03. The lowest BCUT2D eigenvalue weighted by Gasteiger charge is -2.10. The molecule has 3 nitrogen and oxygen atoms in total. The molecule has 0 aromatic heterocycles. The van der Waals surface area contributed by atoms with Crippen molar-refractivity contribution in [3.63, 3.8) is 0 Å². The third kappa shape index (κ3) is 2.49. The summed E-state index contributed by atoms with van der Waals surface area (Å²) in [7, 11) is 0. The van der Waals surface area contributed by atoms with Gasteiger partial charge in [0.15, 0.2) is 0 Å². The van der Waals surface area contributed by atoms with Gasteiger partial charge in [0.1, 0.15) is 0 Å². The number of hydrogen-bond donors (Lipinski definition) is 2. The van der Waals surface area contributed by atoms with Gasteiger partial charge in [0, 0.05) is 0 Å². The molecule has 0 amide bonds. The summed E-state index contributed by atoms with van der Waals surface area (Å²) in [5, 5.41) is 12.5. The van der Waals surface area contributed by atoms with Crippen LogP contribution in [-0.4, -0.2) is 0 Å². The Morgan fingerprint density at radius 1 is 1.12 bits per heavy atom. The zero-order valence-corrected chi connectivity index (χ0v) is 9.70. The molecule has 2 aromatic rings. The number of rotatable bonds is 2. The molecule has 0 unspecified atom stereocenters. The van der Waals surface area contributed by atoms with Crippen molar-refractivity contribution in [2.24, 2.45) is 0 Å². The molecule has 0 saturated heterocycles. The zero-order chi connectivity index (χ0) is 12.3. The largest absolute Gasteiger partial charge is 0.397 e. The summed E-state index contributed by atoms with van der Waals surface area (Å²) >= 11 is 6.03. The SMILES string of the molecule is N#Cc1ccc(N)c(Nc2ccccc2Cl)c1. The maximum absolute atomic E-state index is 8.83. The van der Waals surface area contributed by atoms with Crippen LogP contribution in [0.3, 0.4) is 0 Å². The number of hydrogen-bond acceptors (Lipinski definition) is 3. The molecule has 0 radical (unpaired) electrons. The predicted octanol–water partition coefficient (Wildman–Crippen LogP) is 3.54. The Bertz CT molecular complexity index is 587. The molecule has 2 rings (SSSR count). The van der Waals surface area contributed by atoms with Crippen LogP contribution in [0, 0.1) is 11.3 Å². The first-order valence-corrected chi connectivity index (χ1v) is 5.39. The first-order valence-electron chi connectivity index (χ1n) is 5.02. The highest BCUT2D eigenvalue weighted by molar-refractivity contribution is 6.33. The number of nitrogens with zero attached hydrogens (tertiary/aromatic N) is 1. The molecule has 0 heterocycles. The highest BCUT2D eigenvalue weighted by Crippen LogP contribution is 2.28. The summed E-state index contributed by atoms with van der Waals surface area (Å²) in [6.45, 7) is 0. The lowest BCUT2D eigenvalue weighted by molar-refractivity contribution is 1.47. The number of nitrogen functional groups attached to an aromatic ring is 1. The second-order valence-corrected chi connectivity index (χ2v) is 3.93. The predicted molar refractivity (Wildman–Crippen MR) is 70.3 cm³/mol. The van der Waals surface area contributed by atoms with Crippen LogP contribution in [0.15, 0.2) is 42.5 Å². The molecule has 0 aliphatic rings. The monoisotopic (exact) mass is 243 g/mol. The summed E-state index contributed by atoms with van der Waals surface area (Å²) in [4.78, 5) is 0. The molecule has 3 N–H and O–H groups in total. The second-order valence-electron chi connectivity index (χ2n) is 3.52. The van der Waals surface area contributed by atoms with Crippen molar-refractivity contribution in [3.05, 3.63) is 53.1 Å². The van der Waals surface area contributed by atoms with Crippen LogP contribution in [0.1, 0.15) is 5.56 Å². The fourth-order valence-electron chi connectivity index (χ4n) is 1.44. The lowest BCUT2D eigenvalue weighted by atomic mass is 10.2. The van der Waals surface area contributed by atoms with Crippen LogP contribution >= 0.6 is 11.6 Å². The third-order valence-electron chi connectivity index (χ3n) is 2.33. The van der Waals surface area contributed by atoms with E-state index in [1.54, 1.807) is 24.3 Å². The van der Waals surface area contributed by atoms with E-state index in [0.717, 1.165) is 5.69 Å². The van der Waals surface area contributed by atoms with Crippen LogP contribution < -0.4 is 11.1 Å². The van der Waals surface area contributed by atoms with Crippen molar-refractivity contribution >= 4 is 28.7 Å². The highest BCUT2D eigenvalue weighted by atomic mass is 35.5. The molecule has 0 spiro atoms. The Hall–Kier alpha value is -2.18. The topological polar surface area (TPSA) is 61.8 Å². The van der Waals surface area contributed by atoms with Gasteiger partial charge in [-0.15, -0.1) is 0 Å². The Morgan fingerprint density at radius 3 is 2.59 bits per heavy atom. The van der Waals surface area contributed by atoms with Gasteiger partial charge in [0.2, 0.25) is 0 Å². The van der Waals surface area contributed by atoms with Gasteiger partial charge >= 0.3 is 0 Å². The van der Waals surface area contributed by atoms with Gasteiger partial charge < -0.3 is 11.1 Å². The van der Waals surface area contributed by atoms with E-state index in [4.69, 9.17) is 22.6 Å². The Labute approximate surface area is 104 Å². The number of benzene rings is 2. The molecule has 0 atom stereocenters. The van der Waals surface area contributed by atoms with Crippen LogP contribution in [0.5, 0.6) is 0 Å². The van der Waals surface area contributed by atoms with Gasteiger partial charge in [-0.05, 0) is 30.3 Å². The van der Waals surface area contributed by atoms with Crippen molar-refractivity contribution in [1.82, 2.24) is 0 Å². The average molecular weight is 244 g/mol. The zero-order valence-electron chi connectivity index (χ0n) is 8.94. The average Bonchev–Trinajstić information content (AvgIpc) is 2.35. The van der Waals surface area contributed by atoms with Crippen molar-refractivity contribution in [2.45, 2.75) is 0 Å². The van der Waals surface area contributed by atoms with E-state index in [0.29, 0.717) is 22.0 Å². The Balaban J connectivity index is 2.37. The first kappa shape index (κ1) is 11.3. The third-order valence-corrected chi connectivity index (χ3v) is 2.66. The molecule has 84 valence electrons. The lowest BCUT2D eigenvalue weighted by Crippen LogP contribution is -1.97. The molecule has 0 bridgehead atoms. The maximum Gasteiger partial charge on any atom is 0.0992 e. The van der Waals surface area contributed by atoms with E-state index in [-0.39, 0.29) is 0 Å². The number of halogens is 1. The summed E-state index contributed by atoms with van der Waals surface area (Å²) in [5.41, 5.74) is 8.39. The van der Waals surface area contributed by atoms with E-state index in [9.17, 15) is 0 Å². The molecule has 4 heteroatoms. The molecule has 0 fully saturated rings. The number of nitrogens with two attached hydrogens (primary N) is 1. The number of anilines is 3. The smallest absolute Gasteiger partial charge is 0.0992 e. The fraction of sp³-hybridized carbons (Fsp3) is 0. The van der Waals surface area contributed by atoms with Gasteiger partial charge in [-0.1, -0.05) is 23.7 Å². The summed E-state index contributed by atoms with van der Waals surface area (Å²) in [6, 6.07) is 14.5. The normalized spacial score (nSPS) is 9.65. The molecular formula is C13H10ClN3. The molecule has 2 aromatic carbocycles. The van der Waals surface area contributed by atoms with E-state index in [1.807, 2.05) is 18.2 Å². The van der Waals surface area contributed by atoms with Crippen molar-refractivity contribution in [3.8, 4) is 6.07 Å². The van der Waals surface area contributed by atoms with Crippen LogP contribution in [0.4, 0.5) is 17.1 Å². The summed E-state index contributed by atoms with van der Waals surface area (Å²) < 4.78 is 0. The Kier molecular flexibility index (Phi) is 3.17. The van der Waals surface area contributed by atoms with E-state index < -0.39 is 0 Å². The van der Waals surface area contributed by atoms with Crippen molar-refractivity contribution < 1.29 is 0 Å². The number of para-hydroxylation sites is 1. The van der Waals surface area contributed by atoms with Gasteiger partial charge in [0.05, 0.1) is 33.7 Å². The van der Waals surface area contributed by atoms with Crippen molar-refractivity contribution in [2.75, 3.05) is 11.1 Å². The fourth-order valence-corrected chi connectivity index (χ4v) is 1.62. The van der Waals surface area contributed by atoms with Gasteiger partial charge in [0.25, 0.3) is 0 Å². The molecular weight excluding hydrogens is 234 g/mol. The summed E-state index contributed by atoms with van der Waals surface area (Å²) in [5.74, 6) is 0. The molecule has 0 aliphatic heterocycles. The quantitative estimate of drug-likeness (QED) is 0.793. The molecule has 0 aliphatic carbocycles. The van der Waals surface area contributed by atoms with Crippen LogP contribution in [0.25, 0.3) is 0 Å². The molecule has 17 heavy (non-hydrogen) atoms. The molecule has 0 saturated carbocycles. The van der Waals surface area contributed by atoms with Crippen molar-refractivity contribution in [1.29, 1.82) is 5.26 Å². The Morgan fingerprint density at radius 2 is 1.88 bits per heavy atom. The van der Waals surface area contributed by atoms with Crippen LogP contribution in [0.2, 0.25) is 5.02 Å². The second kappa shape index (κ2) is 4.77. The van der Waals surface area contributed by atoms with E-state index in [2.05, 4.69) is 11.4 Å². The first-order chi connectivity index (χ1) is 8.20. The number of nitriles is 1. The minimum absolute atomic E-state index is 0.550. The standard InChI is InChI=1S/C13H10ClN3/c14-10-3-1-2-4-12(10)17-13-7-9(8-15)5-6-11(13)16/h1-7,17H,16H2. The van der Waals surface area contributed by atoms with E-state index >= 15 is 0 Å². The van der Waals surface area contributed by atoms with Gasteiger partial charge in [-0.2, -0.15) is 5.26 Å². The minimum Gasteiger partial charge on any atom is -0.397 e. The minimum atomic E-state index is 0.550. The van der Waals surface area contributed by atoms with Gasteiger partial charge in [-0.25, -0.2) is 0 Å². The maximum atomic E-state index is 8.83.